The van der Waals surface area contributed by atoms with Crippen molar-refractivity contribution in [2.45, 2.75) is 0 Å². The predicted molar refractivity (Wildman–Crippen MR) is 220 cm³/mol. The molecule has 0 radical (unpaired) electrons. The van der Waals surface area contributed by atoms with Gasteiger partial charge in [-0.1, -0.05) is 170 Å². The smallest absolute Gasteiger partial charge is 0.159 e. The van der Waals surface area contributed by atoms with Crippen LogP contribution in [0.25, 0.3) is 76.9 Å². The Labute approximate surface area is 302 Å². The molecule has 1 aromatic heterocycles. The van der Waals surface area contributed by atoms with Crippen LogP contribution < -0.4 is 4.90 Å². The fraction of sp³-hybridized carbons (Fsp3) is 0. The van der Waals surface area contributed by atoms with Crippen molar-refractivity contribution in [2.24, 2.45) is 0 Å². The average Bonchev–Trinajstić information content (AvgIpc) is 3.61. The monoisotopic (exact) mass is 663 g/mol. The number of fused-ring (bicyclic) bond motifs is 5. The number of para-hydroxylation sites is 3. The zero-order valence-electron chi connectivity index (χ0n) is 28.4. The molecule has 0 N–H and O–H groups in total. The van der Waals surface area contributed by atoms with Gasteiger partial charge in [0.1, 0.15) is 5.58 Å². The highest BCUT2D eigenvalue weighted by Gasteiger charge is 2.23. The highest BCUT2D eigenvalue weighted by atomic mass is 16.3. The summed E-state index contributed by atoms with van der Waals surface area (Å²) in [6.45, 7) is 0. The van der Waals surface area contributed by atoms with E-state index >= 15 is 0 Å². The van der Waals surface area contributed by atoms with E-state index in [1.165, 1.54) is 49.4 Å². The molecule has 0 amide bonds. The number of nitrogens with zero attached hydrogens (tertiary/aromatic N) is 1. The minimum absolute atomic E-state index is 0.861. The van der Waals surface area contributed by atoms with Crippen molar-refractivity contribution in [3.05, 3.63) is 200 Å². The number of anilines is 3. The summed E-state index contributed by atoms with van der Waals surface area (Å²) in [7, 11) is 0. The zero-order chi connectivity index (χ0) is 34.4. The first-order valence-corrected chi connectivity index (χ1v) is 17.8. The van der Waals surface area contributed by atoms with E-state index in [2.05, 4.69) is 199 Å². The van der Waals surface area contributed by atoms with Crippen LogP contribution in [0.4, 0.5) is 17.1 Å². The maximum absolute atomic E-state index is 6.70. The van der Waals surface area contributed by atoms with Gasteiger partial charge in [-0.25, -0.2) is 0 Å². The van der Waals surface area contributed by atoms with Crippen LogP contribution in [0.2, 0.25) is 0 Å². The average molecular weight is 664 g/mol. The maximum atomic E-state index is 6.70. The SMILES string of the molecule is c1ccc(-c2cccc3cccc(-c4ccccc4N(c4ccc(-c5cccc6ccccc56)cc4)c4cccc5c4oc4ccccc45)c23)cc1. The van der Waals surface area contributed by atoms with Crippen LogP contribution in [0.3, 0.4) is 0 Å². The van der Waals surface area contributed by atoms with Gasteiger partial charge in [-0.2, -0.15) is 0 Å². The largest absolute Gasteiger partial charge is 0.454 e. The van der Waals surface area contributed by atoms with Crippen molar-refractivity contribution in [1.82, 2.24) is 0 Å². The van der Waals surface area contributed by atoms with E-state index in [0.717, 1.165) is 44.6 Å². The molecule has 2 nitrogen and oxygen atoms in total. The Balaban J connectivity index is 1.22. The van der Waals surface area contributed by atoms with E-state index < -0.39 is 0 Å². The molecule has 0 aliphatic carbocycles. The number of hydrogen-bond acceptors (Lipinski definition) is 2. The minimum Gasteiger partial charge on any atom is -0.454 e. The molecule has 10 rings (SSSR count). The first-order chi connectivity index (χ1) is 25.8. The second-order valence-corrected chi connectivity index (χ2v) is 13.3. The summed E-state index contributed by atoms with van der Waals surface area (Å²) >= 11 is 0. The maximum Gasteiger partial charge on any atom is 0.159 e. The van der Waals surface area contributed by atoms with Crippen molar-refractivity contribution in [3.8, 4) is 33.4 Å². The molecule has 9 aromatic carbocycles. The molecule has 10 aromatic rings. The molecule has 0 unspecified atom stereocenters. The van der Waals surface area contributed by atoms with Crippen LogP contribution in [-0.2, 0) is 0 Å². The molecule has 2 heteroatoms. The molecule has 1 heterocycles. The Bertz CT molecular complexity index is 2890. The summed E-state index contributed by atoms with van der Waals surface area (Å²) in [6, 6.07) is 71.6. The number of furan rings is 1. The summed E-state index contributed by atoms with van der Waals surface area (Å²) < 4.78 is 6.70. The predicted octanol–water partition coefficient (Wildman–Crippen LogP) is 14.4. The molecular formula is C50H33NO. The zero-order valence-corrected chi connectivity index (χ0v) is 28.4. The van der Waals surface area contributed by atoms with Gasteiger partial charge in [0.15, 0.2) is 5.58 Å². The second kappa shape index (κ2) is 12.5. The van der Waals surface area contributed by atoms with Gasteiger partial charge in [0.2, 0.25) is 0 Å². The van der Waals surface area contributed by atoms with E-state index in [4.69, 9.17) is 4.42 Å². The number of hydrogen-bond donors (Lipinski definition) is 0. The normalized spacial score (nSPS) is 11.5. The minimum atomic E-state index is 0.861. The third kappa shape index (κ3) is 4.96. The Kier molecular flexibility index (Phi) is 7.18. The van der Waals surface area contributed by atoms with E-state index in [9.17, 15) is 0 Å². The summed E-state index contributed by atoms with van der Waals surface area (Å²) in [6.07, 6.45) is 0. The highest BCUT2D eigenvalue weighted by molar-refractivity contribution is 6.12. The fourth-order valence-corrected chi connectivity index (χ4v) is 7.90. The third-order valence-electron chi connectivity index (χ3n) is 10.3. The topological polar surface area (TPSA) is 16.4 Å². The Morgan fingerprint density at radius 2 is 0.885 bits per heavy atom. The highest BCUT2D eigenvalue weighted by Crippen LogP contribution is 2.47. The van der Waals surface area contributed by atoms with Gasteiger partial charge in [0.05, 0.1) is 11.4 Å². The molecule has 52 heavy (non-hydrogen) atoms. The lowest BCUT2D eigenvalue weighted by atomic mass is 9.90. The molecule has 0 aliphatic rings. The first-order valence-electron chi connectivity index (χ1n) is 17.8. The molecule has 244 valence electrons. The standard InChI is InChI=1S/C50H33NO/c1-2-14-35(15-3-1)41-24-11-18-37-19-12-25-44(49(37)41)42-21-6-8-27-46(42)51(47-28-13-26-45-43-22-7-9-29-48(43)52-50(45)47)38-32-30-36(31-33-38)40-23-10-17-34-16-4-5-20-39(34)40/h1-33H. The van der Waals surface area contributed by atoms with E-state index in [1.807, 2.05) is 6.07 Å². The van der Waals surface area contributed by atoms with E-state index in [0.29, 0.717) is 0 Å². The van der Waals surface area contributed by atoms with Gasteiger partial charge in [0, 0.05) is 22.0 Å². The van der Waals surface area contributed by atoms with Gasteiger partial charge in [-0.3, -0.25) is 0 Å². The van der Waals surface area contributed by atoms with Crippen molar-refractivity contribution < 1.29 is 4.42 Å². The number of benzene rings is 9. The fourth-order valence-electron chi connectivity index (χ4n) is 7.90. The second-order valence-electron chi connectivity index (χ2n) is 13.3. The van der Waals surface area contributed by atoms with E-state index in [-0.39, 0.29) is 0 Å². The molecule has 0 atom stereocenters. The van der Waals surface area contributed by atoms with Gasteiger partial charge in [-0.15, -0.1) is 0 Å². The molecule has 0 fully saturated rings. The molecule has 0 spiro atoms. The molecule has 0 aliphatic heterocycles. The first kappa shape index (κ1) is 30.0. The van der Waals surface area contributed by atoms with Gasteiger partial charge in [0.25, 0.3) is 0 Å². The number of rotatable bonds is 6. The van der Waals surface area contributed by atoms with Gasteiger partial charge < -0.3 is 9.32 Å². The van der Waals surface area contributed by atoms with Gasteiger partial charge >= 0.3 is 0 Å². The van der Waals surface area contributed by atoms with Crippen molar-refractivity contribution in [2.75, 3.05) is 4.90 Å². The summed E-state index contributed by atoms with van der Waals surface area (Å²) in [5.41, 5.74) is 12.0. The van der Waals surface area contributed by atoms with Crippen molar-refractivity contribution >= 4 is 60.5 Å². The Morgan fingerprint density at radius 1 is 0.327 bits per heavy atom. The van der Waals surface area contributed by atoms with Crippen molar-refractivity contribution in [1.29, 1.82) is 0 Å². The van der Waals surface area contributed by atoms with Crippen LogP contribution in [0, 0.1) is 0 Å². The molecule has 0 saturated heterocycles. The Morgan fingerprint density at radius 3 is 1.73 bits per heavy atom. The van der Waals surface area contributed by atoms with E-state index in [1.54, 1.807) is 0 Å². The van der Waals surface area contributed by atoms with Crippen LogP contribution in [0.5, 0.6) is 0 Å². The molecule has 0 saturated carbocycles. The van der Waals surface area contributed by atoms with Gasteiger partial charge in [-0.05, 0) is 79.7 Å². The lowest BCUT2D eigenvalue weighted by Gasteiger charge is -2.28. The van der Waals surface area contributed by atoms with Crippen LogP contribution in [0.15, 0.2) is 205 Å². The summed E-state index contributed by atoms with van der Waals surface area (Å²) in [5.74, 6) is 0. The molecular weight excluding hydrogens is 631 g/mol. The van der Waals surface area contributed by atoms with Crippen LogP contribution in [0.1, 0.15) is 0 Å². The summed E-state index contributed by atoms with van der Waals surface area (Å²) in [4.78, 5) is 2.37. The Hall–Kier alpha value is -6.90. The van der Waals surface area contributed by atoms with Crippen molar-refractivity contribution in [3.63, 3.8) is 0 Å². The van der Waals surface area contributed by atoms with Crippen LogP contribution in [-0.4, -0.2) is 0 Å². The molecule has 0 bridgehead atoms. The quantitative estimate of drug-likeness (QED) is 0.176. The third-order valence-corrected chi connectivity index (χ3v) is 10.3. The lowest BCUT2D eigenvalue weighted by Crippen LogP contribution is -2.11. The van der Waals surface area contributed by atoms with Crippen LogP contribution >= 0.6 is 0 Å². The summed E-state index contributed by atoms with van der Waals surface area (Å²) in [5, 5.41) is 7.13. The lowest BCUT2D eigenvalue weighted by molar-refractivity contribution is 0.669.